The number of hydrogen-bond acceptors (Lipinski definition) is 4. The van der Waals surface area contributed by atoms with Gasteiger partial charge >= 0.3 is 5.97 Å². The first kappa shape index (κ1) is 24.2. The summed E-state index contributed by atoms with van der Waals surface area (Å²) in [6.45, 7) is 2.48. The number of nitrogens with zero attached hydrogens (tertiary/aromatic N) is 2. The number of carbonyl (C=O) groups excluding carboxylic acids is 1. The number of aromatic nitrogens is 2. The molecule has 2 N–H and O–H groups in total. The van der Waals surface area contributed by atoms with Gasteiger partial charge in [-0.15, -0.1) is 0 Å². The molecule has 4 aromatic carbocycles. The lowest BCUT2D eigenvalue weighted by molar-refractivity contribution is 0.0696. The van der Waals surface area contributed by atoms with Crippen molar-refractivity contribution in [1.82, 2.24) is 15.0 Å². The zero-order valence-electron chi connectivity index (χ0n) is 21.2. The van der Waals surface area contributed by atoms with Gasteiger partial charge < -0.3 is 19.5 Å². The van der Waals surface area contributed by atoms with Gasteiger partial charge in [0.25, 0.3) is 5.91 Å². The quantitative estimate of drug-likeness (QED) is 0.247. The standard InChI is InChI=1S/C32H25N3O4/c1-20(22-8-10-24(11-9-22)32(37)38)33-31(36)28-18-27(29-13-15-39-34-29)17-26-12-14-35(30(26)28)19-21-6-7-23-4-2-3-5-25(23)16-21/h2-18,20H,19H2,1H3,(H,33,36)(H,37,38)/t20-/m0/s1. The Bertz CT molecular complexity index is 1820. The average Bonchev–Trinajstić information content (AvgIpc) is 3.63. The first-order valence-corrected chi connectivity index (χ1v) is 12.6. The predicted octanol–water partition coefficient (Wildman–Crippen LogP) is 6.69. The van der Waals surface area contributed by atoms with Crippen LogP contribution in [0.4, 0.5) is 0 Å². The monoisotopic (exact) mass is 515 g/mol. The molecule has 2 aromatic heterocycles. The van der Waals surface area contributed by atoms with Crippen LogP contribution in [0.1, 0.15) is 44.8 Å². The van der Waals surface area contributed by atoms with Crippen molar-refractivity contribution in [3.63, 3.8) is 0 Å². The summed E-state index contributed by atoms with van der Waals surface area (Å²) in [7, 11) is 0. The van der Waals surface area contributed by atoms with Crippen LogP contribution in [0.2, 0.25) is 0 Å². The van der Waals surface area contributed by atoms with E-state index in [9.17, 15) is 14.7 Å². The number of carboxylic acids is 1. The fourth-order valence-electron chi connectivity index (χ4n) is 4.97. The molecule has 0 saturated carbocycles. The van der Waals surface area contributed by atoms with Crippen LogP contribution in [-0.2, 0) is 6.54 Å². The van der Waals surface area contributed by atoms with Crippen molar-refractivity contribution in [2.24, 2.45) is 0 Å². The highest BCUT2D eigenvalue weighted by Gasteiger charge is 2.20. The van der Waals surface area contributed by atoms with E-state index in [1.165, 1.54) is 17.0 Å². The number of hydrogen-bond donors (Lipinski definition) is 2. The van der Waals surface area contributed by atoms with Crippen LogP contribution in [0.3, 0.4) is 0 Å². The van der Waals surface area contributed by atoms with E-state index in [1.54, 1.807) is 30.3 Å². The number of rotatable bonds is 7. The summed E-state index contributed by atoms with van der Waals surface area (Å²) in [6.07, 6.45) is 3.50. The lowest BCUT2D eigenvalue weighted by Gasteiger charge is -2.17. The molecule has 192 valence electrons. The molecule has 0 bridgehead atoms. The molecule has 0 fully saturated rings. The van der Waals surface area contributed by atoms with Gasteiger partial charge in [0.15, 0.2) is 0 Å². The number of amides is 1. The maximum absolute atomic E-state index is 13.8. The molecule has 2 heterocycles. The molecule has 39 heavy (non-hydrogen) atoms. The van der Waals surface area contributed by atoms with Gasteiger partial charge in [0.1, 0.15) is 12.0 Å². The van der Waals surface area contributed by atoms with Crippen LogP contribution in [-0.4, -0.2) is 26.7 Å². The second-order valence-electron chi connectivity index (χ2n) is 9.59. The van der Waals surface area contributed by atoms with Crippen molar-refractivity contribution >= 4 is 33.6 Å². The largest absolute Gasteiger partial charge is 0.478 e. The highest BCUT2D eigenvalue weighted by atomic mass is 16.5. The Hall–Kier alpha value is -5.17. The lowest BCUT2D eigenvalue weighted by atomic mass is 10.0. The Morgan fingerprint density at radius 2 is 1.72 bits per heavy atom. The molecule has 0 aliphatic carbocycles. The average molecular weight is 516 g/mol. The summed E-state index contributed by atoms with van der Waals surface area (Å²) in [4.78, 5) is 25.0. The van der Waals surface area contributed by atoms with Gasteiger partial charge in [-0.2, -0.15) is 0 Å². The van der Waals surface area contributed by atoms with Gasteiger partial charge in [0.05, 0.1) is 22.7 Å². The molecule has 1 amide bonds. The second-order valence-corrected chi connectivity index (χ2v) is 9.59. The van der Waals surface area contributed by atoms with Gasteiger partial charge in [0.2, 0.25) is 0 Å². The van der Waals surface area contributed by atoms with Crippen molar-refractivity contribution in [1.29, 1.82) is 0 Å². The first-order chi connectivity index (χ1) is 19.0. The Morgan fingerprint density at radius 1 is 0.923 bits per heavy atom. The molecular weight excluding hydrogens is 490 g/mol. The Labute approximate surface area is 224 Å². The van der Waals surface area contributed by atoms with Crippen molar-refractivity contribution in [2.75, 3.05) is 0 Å². The number of benzene rings is 4. The minimum absolute atomic E-state index is 0.200. The molecule has 0 unspecified atom stereocenters. The van der Waals surface area contributed by atoms with Gasteiger partial charge in [-0.1, -0.05) is 53.7 Å². The molecule has 0 spiro atoms. The smallest absolute Gasteiger partial charge is 0.335 e. The van der Waals surface area contributed by atoms with Crippen LogP contribution in [0.15, 0.2) is 108 Å². The zero-order valence-corrected chi connectivity index (χ0v) is 21.2. The summed E-state index contributed by atoms with van der Waals surface area (Å²) >= 11 is 0. The molecule has 0 aliphatic heterocycles. The summed E-state index contributed by atoms with van der Waals surface area (Å²) in [5, 5.41) is 19.6. The second kappa shape index (κ2) is 9.95. The van der Waals surface area contributed by atoms with Crippen molar-refractivity contribution in [3.8, 4) is 11.3 Å². The maximum atomic E-state index is 13.8. The van der Waals surface area contributed by atoms with E-state index in [-0.39, 0.29) is 17.5 Å². The van der Waals surface area contributed by atoms with Gasteiger partial charge in [-0.3, -0.25) is 4.79 Å². The normalized spacial score (nSPS) is 12.0. The topological polar surface area (TPSA) is 97.4 Å². The highest BCUT2D eigenvalue weighted by Crippen LogP contribution is 2.30. The Morgan fingerprint density at radius 3 is 2.46 bits per heavy atom. The molecule has 6 aromatic rings. The summed E-state index contributed by atoms with van der Waals surface area (Å²) in [5.41, 5.74) is 4.90. The van der Waals surface area contributed by atoms with Gasteiger partial charge in [0, 0.05) is 29.8 Å². The van der Waals surface area contributed by atoms with E-state index in [4.69, 9.17) is 4.52 Å². The van der Waals surface area contributed by atoms with Crippen LogP contribution in [0.25, 0.3) is 32.9 Å². The van der Waals surface area contributed by atoms with E-state index in [2.05, 4.69) is 45.4 Å². The summed E-state index contributed by atoms with van der Waals surface area (Å²) in [6, 6.07) is 28.4. The number of fused-ring (bicyclic) bond motifs is 2. The van der Waals surface area contributed by atoms with Crippen molar-refractivity contribution in [2.45, 2.75) is 19.5 Å². The van der Waals surface area contributed by atoms with E-state index in [1.807, 2.05) is 43.5 Å². The molecule has 0 aliphatic rings. The minimum atomic E-state index is -0.988. The molecule has 0 radical (unpaired) electrons. The van der Waals surface area contributed by atoms with Gasteiger partial charge in [-0.25, -0.2) is 4.79 Å². The number of carboxylic acid groups (broad SMARTS) is 1. The molecule has 1 atom stereocenters. The molecule has 7 heteroatoms. The molecule has 7 nitrogen and oxygen atoms in total. The number of carbonyl (C=O) groups is 2. The van der Waals surface area contributed by atoms with Gasteiger partial charge in [-0.05, 0) is 65.2 Å². The van der Waals surface area contributed by atoms with E-state index in [0.717, 1.165) is 27.6 Å². The first-order valence-electron chi connectivity index (χ1n) is 12.6. The fourth-order valence-corrected chi connectivity index (χ4v) is 4.97. The summed E-state index contributed by atoms with van der Waals surface area (Å²) < 4.78 is 7.14. The highest BCUT2D eigenvalue weighted by molar-refractivity contribution is 6.08. The molecule has 6 rings (SSSR count). The van der Waals surface area contributed by atoms with Crippen LogP contribution in [0, 0.1) is 0 Å². The third kappa shape index (κ3) is 4.78. The number of aromatic carboxylic acids is 1. The Kier molecular flexibility index (Phi) is 6.17. The zero-order chi connectivity index (χ0) is 26.9. The fraction of sp³-hybridized carbons (Fsp3) is 0.0938. The molecular formula is C32H25N3O4. The van der Waals surface area contributed by atoms with E-state index >= 15 is 0 Å². The minimum Gasteiger partial charge on any atom is -0.478 e. The maximum Gasteiger partial charge on any atom is 0.335 e. The lowest BCUT2D eigenvalue weighted by Crippen LogP contribution is -2.27. The molecule has 0 saturated heterocycles. The van der Waals surface area contributed by atoms with E-state index in [0.29, 0.717) is 17.8 Å². The van der Waals surface area contributed by atoms with Crippen LogP contribution < -0.4 is 5.32 Å². The summed E-state index contributed by atoms with van der Waals surface area (Å²) in [5.74, 6) is -1.23. The predicted molar refractivity (Wildman–Crippen MR) is 150 cm³/mol. The third-order valence-electron chi connectivity index (χ3n) is 7.01. The SMILES string of the molecule is C[C@H](NC(=O)c1cc(-c2ccon2)cc2ccn(Cc3ccc4ccccc4c3)c12)c1ccc(C(=O)O)cc1. The van der Waals surface area contributed by atoms with E-state index < -0.39 is 5.97 Å². The van der Waals surface area contributed by atoms with Crippen molar-refractivity contribution < 1.29 is 19.2 Å². The van der Waals surface area contributed by atoms with Crippen molar-refractivity contribution in [3.05, 3.63) is 126 Å². The van der Waals surface area contributed by atoms with Crippen LogP contribution in [0.5, 0.6) is 0 Å². The third-order valence-corrected chi connectivity index (χ3v) is 7.01. The number of nitrogens with one attached hydrogen (secondary N) is 1. The van der Waals surface area contributed by atoms with Crippen LogP contribution >= 0.6 is 0 Å². The Balaban J connectivity index is 1.38.